The van der Waals surface area contributed by atoms with Crippen LogP contribution in [0.4, 0.5) is 29.2 Å². The number of hydrogen-bond donors (Lipinski definition) is 1. The number of carbonyl (C=O) groups excluding carboxylic acids is 1. The van der Waals surface area contributed by atoms with Crippen molar-refractivity contribution in [1.29, 1.82) is 10.5 Å². The van der Waals surface area contributed by atoms with Gasteiger partial charge in [-0.05, 0) is 84.0 Å². The largest absolute Gasteiger partial charge is 0.416 e. The summed E-state index contributed by atoms with van der Waals surface area (Å²) in [5.41, 5.74) is -0.688. The summed E-state index contributed by atoms with van der Waals surface area (Å²) in [6, 6.07) is 14.7. The van der Waals surface area contributed by atoms with Crippen molar-refractivity contribution >= 4 is 17.5 Å². The fourth-order valence-corrected chi connectivity index (χ4v) is 5.77. The Balaban J connectivity index is 1.41. The molecule has 2 aromatic carbocycles. The molecule has 0 radical (unpaired) electrons. The zero-order valence-electron chi connectivity index (χ0n) is 25.2. The lowest BCUT2D eigenvalue weighted by atomic mass is 9.83. The summed E-state index contributed by atoms with van der Waals surface area (Å²) >= 11 is 0. The summed E-state index contributed by atoms with van der Waals surface area (Å²) < 4.78 is 64.6. The number of amides is 1. The van der Waals surface area contributed by atoms with Gasteiger partial charge in [0.05, 0.1) is 49.4 Å². The normalized spacial score (nSPS) is 15.1. The van der Waals surface area contributed by atoms with E-state index in [1.54, 1.807) is 41.9 Å². The lowest BCUT2D eigenvalue weighted by Crippen LogP contribution is -2.36. The summed E-state index contributed by atoms with van der Waals surface area (Å²) in [6.45, 7) is -0.694. The number of fused-ring (bicyclic) bond motifs is 1. The van der Waals surface area contributed by atoms with Crippen LogP contribution >= 0.6 is 0 Å². The van der Waals surface area contributed by atoms with E-state index in [9.17, 15) is 27.6 Å². The fourth-order valence-electron chi connectivity index (χ4n) is 5.77. The van der Waals surface area contributed by atoms with Crippen molar-refractivity contribution in [3.05, 3.63) is 76.6 Å². The monoisotopic (exact) mass is 644 g/mol. The quantitative estimate of drug-likeness (QED) is 0.157. The number of nitrogens with zero attached hydrogens (tertiary/aromatic N) is 7. The van der Waals surface area contributed by atoms with Crippen LogP contribution in [0.2, 0.25) is 0 Å². The number of ether oxygens (including phenoxy) is 1. The lowest BCUT2D eigenvalue weighted by Gasteiger charge is -2.33. The van der Waals surface area contributed by atoms with Crippen LogP contribution in [0, 0.1) is 22.7 Å². The highest BCUT2D eigenvalue weighted by Crippen LogP contribution is 2.41. The number of carbonyl (C=O) groups is 1. The second-order valence-electron chi connectivity index (χ2n) is 11.6. The minimum absolute atomic E-state index is 0.0599. The Morgan fingerprint density at radius 2 is 1.89 bits per heavy atom. The van der Waals surface area contributed by atoms with E-state index in [0.717, 1.165) is 17.4 Å². The van der Waals surface area contributed by atoms with Crippen LogP contribution in [0.3, 0.4) is 0 Å². The Morgan fingerprint density at radius 1 is 1.09 bits per heavy atom. The number of hydrogen-bond acceptors (Lipinski definition) is 8. The number of rotatable bonds is 10. The zero-order chi connectivity index (χ0) is 33.3. The minimum atomic E-state index is -4.77. The van der Waals surface area contributed by atoms with Crippen molar-refractivity contribution in [1.82, 2.24) is 19.7 Å². The third-order valence-electron chi connectivity index (χ3n) is 8.33. The number of benzene rings is 2. The molecule has 240 valence electrons. The Morgan fingerprint density at radius 3 is 2.55 bits per heavy atom. The number of pyridine rings is 1. The van der Waals surface area contributed by atoms with E-state index in [4.69, 9.17) is 10.00 Å². The molecule has 1 aliphatic heterocycles. The molecule has 4 aromatic rings. The third kappa shape index (κ3) is 6.37. The first-order valence-electron chi connectivity index (χ1n) is 14.8. The molecule has 0 unspecified atom stereocenters. The second kappa shape index (κ2) is 12.5. The van der Waals surface area contributed by atoms with Gasteiger partial charge in [0.25, 0.3) is 5.91 Å². The van der Waals surface area contributed by atoms with Gasteiger partial charge in [-0.25, -0.2) is 9.37 Å². The van der Waals surface area contributed by atoms with Gasteiger partial charge < -0.3 is 14.6 Å². The molecule has 1 amide bonds. The highest BCUT2D eigenvalue weighted by molar-refractivity contribution is 6.10. The maximum atomic E-state index is 14.4. The molecule has 47 heavy (non-hydrogen) atoms. The van der Waals surface area contributed by atoms with E-state index in [2.05, 4.69) is 26.6 Å². The average molecular weight is 645 g/mol. The zero-order valence-corrected chi connectivity index (χ0v) is 25.2. The van der Waals surface area contributed by atoms with Crippen molar-refractivity contribution in [3.8, 4) is 34.7 Å². The first-order chi connectivity index (χ1) is 22.5. The summed E-state index contributed by atoms with van der Waals surface area (Å²) in [5.74, 6) is 0.126. The minimum Gasteiger partial charge on any atom is -0.373 e. The van der Waals surface area contributed by atoms with E-state index in [1.807, 2.05) is 6.07 Å². The third-order valence-corrected chi connectivity index (χ3v) is 8.33. The number of nitriles is 2. The summed E-state index contributed by atoms with van der Waals surface area (Å²) in [7, 11) is 1.75. The molecule has 3 heterocycles. The highest BCUT2D eigenvalue weighted by Gasteiger charge is 2.41. The molecule has 1 fully saturated rings. The van der Waals surface area contributed by atoms with Crippen LogP contribution in [-0.4, -0.2) is 44.5 Å². The smallest absolute Gasteiger partial charge is 0.373 e. The van der Waals surface area contributed by atoms with E-state index >= 15 is 0 Å². The van der Waals surface area contributed by atoms with E-state index < -0.39 is 29.9 Å². The van der Waals surface area contributed by atoms with Crippen molar-refractivity contribution in [2.45, 2.75) is 50.7 Å². The summed E-state index contributed by atoms with van der Waals surface area (Å²) in [6.07, 6.45) is -1.68. The Kier molecular flexibility index (Phi) is 8.38. The summed E-state index contributed by atoms with van der Waals surface area (Å²) in [5, 5.41) is 29.9. The molecule has 2 aliphatic rings. The Labute approximate surface area is 267 Å². The molecule has 2 aromatic heterocycles. The number of aryl methyl sites for hydroxylation is 1. The number of anilines is 2. The van der Waals surface area contributed by atoms with Gasteiger partial charge in [-0.2, -0.15) is 23.7 Å². The molecule has 14 heteroatoms. The van der Waals surface area contributed by atoms with Crippen LogP contribution < -0.4 is 10.2 Å². The molecule has 1 N–H and O–H groups in total. The molecular weight excluding hydrogens is 616 g/mol. The van der Waals surface area contributed by atoms with E-state index in [1.165, 1.54) is 12.4 Å². The molecule has 0 bridgehead atoms. The van der Waals surface area contributed by atoms with Crippen LogP contribution in [0.25, 0.3) is 22.5 Å². The number of nitrogens with one attached hydrogen (secondary N) is 1. The molecule has 1 saturated carbocycles. The predicted molar refractivity (Wildman–Crippen MR) is 162 cm³/mol. The maximum Gasteiger partial charge on any atom is 0.416 e. The Bertz CT molecular complexity index is 1940. The van der Waals surface area contributed by atoms with Crippen molar-refractivity contribution in [3.63, 3.8) is 0 Å². The van der Waals surface area contributed by atoms with Crippen LogP contribution in [-0.2, 0) is 31.1 Å². The van der Waals surface area contributed by atoms with Gasteiger partial charge in [0, 0.05) is 24.7 Å². The van der Waals surface area contributed by atoms with Crippen LogP contribution in [0.1, 0.15) is 58.3 Å². The van der Waals surface area contributed by atoms with Gasteiger partial charge in [0.1, 0.15) is 23.6 Å². The predicted octanol–water partition coefficient (Wildman–Crippen LogP) is 6.33. The van der Waals surface area contributed by atoms with E-state index in [-0.39, 0.29) is 54.5 Å². The van der Waals surface area contributed by atoms with Crippen molar-refractivity contribution < 1.29 is 27.1 Å². The second-order valence-corrected chi connectivity index (χ2v) is 11.6. The first kappa shape index (κ1) is 31.6. The Hall–Kier alpha value is -5.34. The average Bonchev–Trinajstić information content (AvgIpc) is 3.61. The lowest BCUT2D eigenvalue weighted by molar-refractivity contribution is -0.138. The molecule has 1 aliphatic carbocycles. The van der Waals surface area contributed by atoms with Gasteiger partial charge in [0.15, 0.2) is 5.82 Å². The highest BCUT2D eigenvalue weighted by atomic mass is 19.4. The van der Waals surface area contributed by atoms with Gasteiger partial charge in [-0.3, -0.25) is 9.69 Å². The van der Waals surface area contributed by atoms with E-state index in [0.29, 0.717) is 40.9 Å². The molecule has 0 spiro atoms. The van der Waals surface area contributed by atoms with Gasteiger partial charge >= 0.3 is 6.18 Å². The van der Waals surface area contributed by atoms with Crippen LogP contribution in [0.15, 0.2) is 48.8 Å². The summed E-state index contributed by atoms with van der Waals surface area (Å²) in [4.78, 5) is 19.5. The topological polar surface area (TPSA) is 133 Å². The van der Waals surface area contributed by atoms with Crippen molar-refractivity contribution in [2.75, 3.05) is 23.4 Å². The molecule has 6 rings (SSSR count). The maximum absolute atomic E-state index is 14.4. The van der Waals surface area contributed by atoms with Gasteiger partial charge in [-0.1, -0.05) is 0 Å². The molecule has 10 nitrogen and oxygen atoms in total. The standard InChI is InChI=1S/C33H28F4N8O2/c1-44-19-41-43-30(44)23-5-4-20(15-39)10-24(23)22-13-28(40-9-3-8-38)42-29(14-22)45-16-26-25(31(45)46)11-21(12-27(26)33(35,36)37)17-47-18-32(34)6-2-7-32/h4-5,10-14,19H,2-3,6-7,9,16-18H2,1H3,(H,40,42). The molecule has 0 saturated heterocycles. The van der Waals surface area contributed by atoms with Crippen LogP contribution in [0.5, 0.6) is 0 Å². The van der Waals surface area contributed by atoms with Gasteiger partial charge in [-0.15, -0.1) is 10.2 Å². The molecular formula is C33H28F4N8O2. The number of aromatic nitrogens is 4. The fraction of sp³-hybridized carbons (Fsp3) is 0.333. The van der Waals surface area contributed by atoms with Gasteiger partial charge in [0.2, 0.25) is 0 Å². The number of alkyl halides is 4. The number of halogens is 4. The molecule has 0 atom stereocenters. The SMILES string of the molecule is Cn1cnnc1-c1ccc(C#N)cc1-c1cc(NCCC#N)nc(N2Cc3c(cc(COCC4(F)CCC4)cc3C(F)(F)F)C2=O)c1. The first-order valence-corrected chi connectivity index (χ1v) is 14.8. The van der Waals surface area contributed by atoms with Crippen molar-refractivity contribution in [2.24, 2.45) is 7.05 Å².